The van der Waals surface area contributed by atoms with Crippen molar-refractivity contribution >= 4 is 5.88 Å². The van der Waals surface area contributed by atoms with Gasteiger partial charge in [-0.2, -0.15) is 0 Å². The van der Waals surface area contributed by atoms with E-state index in [9.17, 15) is 0 Å². The van der Waals surface area contributed by atoms with Crippen LogP contribution in [0.25, 0.3) is 0 Å². The van der Waals surface area contributed by atoms with Crippen LogP contribution in [-0.2, 0) is 5.41 Å². The maximum absolute atomic E-state index is 5.46. The normalized spacial score (nSPS) is 11.9. The van der Waals surface area contributed by atoms with Gasteiger partial charge in [0.25, 0.3) is 0 Å². The molecule has 0 aromatic carbocycles. The standard InChI is InChI=1S/C9H16N2O/c1-4-9(3,5-2)7-6-8(10)12-11-7/h6H,4-5,10H2,1-3H3. The van der Waals surface area contributed by atoms with Crippen molar-refractivity contribution in [2.24, 2.45) is 0 Å². The van der Waals surface area contributed by atoms with Crippen molar-refractivity contribution in [3.63, 3.8) is 0 Å². The summed E-state index contributed by atoms with van der Waals surface area (Å²) in [5.41, 5.74) is 6.53. The number of anilines is 1. The smallest absolute Gasteiger partial charge is 0.222 e. The Morgan fingerprint density at radius 3 is 2.42 bits per heavy atom. The van der Waals surface area contributed by atoms with E-state index in [0.717, 1.165) is 18.5 Å². The van der Waals surface area contributed by atoms with Crippen molar-refractivity contribution in [2.75, 3.05) is 5.73 Å². The summed E-state index contributed by atoms with van der Waals surface area (Å²) in [5, 5.41) is 3.93. The molecule has 1 aromatic rings. The number of nitrogens with two attached hydrogens (primary N) is 1. The van der Waals surface area contributed by atoms with Crippen molar-refractivity contribution in [1.82, 2.24) is 5.16 Å². The molecule has 3 heteroatoms. The highest BCUT2D eigenvalue weighted by molar-refractivity contribution is 5.28. The Bertz CT molecular complexity index is 251. The summed E-state index contributed by atoms with van der Waals surface area (Å²) in [7, 11) is 0. The van der Waals surface area contributed by atoms with Crippen molar-refractivity contribution in [1.29, 1.82) is 0 Å². The summed E-state index contributed by atoms with van der Waals surface area (Å²) >= 11 is 0. The highest BCUT2D eigenvalue weighted by Gasteiger charge is 2.25. The lowest BCUT2D eigenvalue weighted by molar-refractivity contribution is 0.368. The Balaban J connectivity index is 2.94. The van der Waals surface area contributed by atoms with Crippen LogP contribution < -0.4 is 5.73 Å². The summed E-state index contributed by atoms with van der Waals surface area (Å²) in [4.78, 5) is 0. The molecule has 1 aromatic heterocycles. The van der Waals surface area contributed by atoms with Crippen LogP contribution in [0.3, 0.4) is 0 Å². The van der Waals surface area contributed by atoms with Gasteiger partial charge >= 0.3 is 0 Å². The van der Waals surface area contributed by atoms with Crippen LogP contribution in [0.2, 0.25) is 0 Å². The van der Waals surface area contributed by atoms with E-state index in [4.69, 9.17) is 10.3 Å². The monoisotopic (exact) mass is 168 g/mol. The fourth-order valence-corrected chi connectivity index (χ4v) is 1.19. The van der Waals surface area contributed by atoms with E-state index in [2.05, 4.69) is 25.9 Å². The first-order valence-electron chi connectivity index (χ1n) is 4.35. The molecule has 0 unspecified atom stereocenters. The molecule has 0 saturated carbocycles. The maximum atomic E-state index is 5.46. The zero-order valence-corrected chi connectivity index (χ0v) is 7.92. The van der Waals surface area contributed by atoms with Gasteiger partial charge in [-0.1, -0.05) is 25.9 Å². The van der Waals surface area contributed by atoms with Gasteiger partial charge in [0.2, 0.25) is 5.88 Å². The fraction of sp³-hybridized carbons (Fsp3) is 0.667. The van der Waals surface area contributed by atoms with E-state index in [1.165, 1.54) is 0 Å². The van der Waals surface area contributed by atoms with Crippen molar-refractivity contribution in [2.45, 2.75) is 39.0 Å². The molecule has 0 aliphatic rings. The molecular formula is C9H16N2O. The SMILES string of the molecule is CCC(C)(CC)c1cc(N)on1. The van der Waals surface area contributed by atoms with E-state index in [0.29, 0.717) is 5.88 Å². The van der Waals surface area contributed by atoms with Gasteiger partial charge in [0.1, 0.15) is 0 Å². The number of aromatic nitrogens is 1. The zero-order chi connectivity index (χ0) is 9.19. The number of hydrogen-bond donors (Lipinski definition) is 1. The molecule has 0 radical (unpaired) electrons. The van der Waals surface area contributed by atoms with Gasteiger partial charge in [0.05, 0.1) is 5.69 Å². The van der Waals surface area contributed by atoms with E-state index in [1.807, 2.05) is 6.07 Å². The molecule has 0 saturated heterocycles. The summed E-state index contributed by atoms with van der Waals surface area (Å²) in [5.74, 6) is 0.401. The Hall–Kier alpha value is -0.990. The minimum Gasteiger partial charge on any atom is -0.368 e. The molecule has 0 atom stereocenters. The second kappa shape index (κ2) is 3.17. The first-order valence-corrected chi connectivity index (χ1v) is 4.35. The van der Waals surface area contributed by atoms with Gasteiger partial charge < -0.3 is 10.3 Å². The Morgan fingerprint density at radius 1 is 1.50 bits per heavy atom. The van der Waals surface area contributed by atoms with E-state index < -0.39 is 0 Å². The Morgan fingerprint density at radius 2 is 2.08 bits per heavy atom. The lowest BCUT2D eigenvalue weighted by atomic mass is 9.81. The average Bonchev–Trinajstić information content (AvgIpc) is 2.51. The minimum absolute atomic E-state index is 0.112. The van der Waals surface area contributed by atoms with Crippen LogP contribution in [-0.4, -0.2) is 5.16 Å². The topological polar surface area (TPSA) is 52.0 Å². The first-order chi connectivity index (χ1) is 5.62. The third kappa shape index (κ3) is 1.44. The second-order valence-corrected chi connectivity index (χ2v) is 3.38. The van der Waals surface area contributed by atoms with Crippen LogP contribution in [0.1, 0.15) is 39.3 Å². The third-order valence-corrected chi connectivity index (χ3v) is 2.71. The third-order valence-electron chi connectivity index (χ3n) is 2.71. The van der Waals surface area contributed by atoms with Crippen LogP contribution in [0.15, 0.2) is 10.6 Å². The summed E-state index contributed by atoms with van der Waals surface area (Å²) in [6, 6.07) is 1.81. The molecule has 68 valence electrons. The van der Waals surface area contributed by atoms with E-state index in [-0.39, 0.29) is 5.41 Å². The molecule has 2 N–H and O–H groups in total. The van der Waals surface area contributed by atoms with Crippen LogP contribution in [0, 0.1) is 0 Å². The van der Waals surface area contributed by atoms with Gasteiger partial charge in [-0.05, 0) is 12.8 Å². The molecule has 0 spiro atoms. The fourth-order valence-electron chi connectivity index (χ4n) is 1.19. The second-order valence-electron chi connectivity index (χ2n) is 3.38. The number of nitrogen functional groups attached to an aromatic ring is 1. The van der Waals surface area contributed by atoms with Crippen LogP contribution in [0.4, 0.5) is 5.88 Å². The van der Waals surface area contributed by atoms with E-state index in [1.54, 1.807) is 0 Å². The highest BCUT2D eigenvalue weighted by atomic mass is 16.5. The molecule has 3 nitrogen and oxygen atoms in total. The molecule has 1 heterocycles. The van der Waals surface area contributed by atoms with Gasteiger partial charge in [0.15, 0.2) is 0 Å². The summed E-state index contributed by atoms with van der Waals surface area (Å²) in [6.07, 6.45) is 2.10. The highest BCUT2D eigenvalue weighted by Crippen LogP contribution is 2.30. The van der Waals surface area contributed by atoms with Gasteiger partial charge in [-0.25, -0.2) is 0 Å². The number of hydrogen-bond acceptors (Lipinski definition) is 3. The van der Waals surface area contributed by atoms with Gasteiger partial charge in [-0.15, -0.1) is 0 Å². The quantitative estimate of drug-likeness (QED) is 0.753. The molecule has 0 bridgehead atoms. The molecule has 1 rings (SSSR count). The average molecular weight is 168 g/mol. The van der Waals surface area contributed by atoms with Crippen LogP contribution >= 0.6 is 0 Å². The molecule has 0 aliphatic carbocycles. The number of rotatable bonds is 3. The first kappa shape index (κ1) is 9.10. The lowest BCUT2D eigenvalue weighted by Gasteiger charge is -2.22. The van der Waals surface area contributed by atoms with Crippen molar-refractivity contribution in [3.05, 3.63) is 11.8 Å². The molecule has 12 heavy (non-hydrogen) atoms. The predicted molar refractivity (Wildman–Crippen MR) is 48.8 cm³/mol. The largest absolute Gasteiger partial charge is 0.368 e. The lowest BCUT2D eigenvalue weighted by Crippen LogP contribution is -2.19. The molecular weight excluding hydrogens is 152 g/mol. The van der Waals surface area contributed by atoms with Gasteiger partial charge in [-0.3, -0.25) is 0 Å². The zero-order valence-electron chi connectivity index (χ0n) is 7.92. The maximum Gasteiger partial charge on any atom is 0.222 e. The Labute approximate surface area is 72.9 Å². The minimum atomic E-state index is 0.112. The number of nitrogens with zero attached hydrogens (tertiary/aromatic N) is 1. The van der Waals surface area contributed by atoms with E-state index >= 15 is 0 Å². The summed E-state index contributed by atoms with van der Waals surface area (Å²) < 4.78 is 4.84. The van der Waals surface area contributed by atoms with Crippen molar-refractivity contribution < 1.29 is 4.52 Å². The molecule has 0 amide bonds. The summed E-state index contributed by atoms with van der Waals surface area (Å²) in [6.45, 7) is 6.47. The molecule has 0 aliphatic heterocycles. The van der Waals surface area contributed by atoms with Crippen LogP contribution in [0.5, 0.6) is 0 Å². The van der Waals surface area contributed by atoms with Crippen molar-refractivity contribution in [3.8, 4) is 0 Å². The Kier molecular flexibility index (Phi) is 2.40. The predicted octanol–water partition coefficient (Wildman–Crippen LogP) is 2.33. The van der Waals surface area contributed by atoms with Gasteiger partial charge in [0, 0.05) is 11.5 Å². The molecule has 0 fully saturated rings.